The van der Waals surface area contributed by atoms with Crippen molar-refractivity contribution in [2.24, 2.45) is 5.41 Å². The monoisotopic (exact) mass is 758 g/mol. The molecule has 1 spiro atoms. The molecular weight excluding hydrogens is 714 g/mol. The summed E-state index contributed by atoms with van der Waals surface area (Å²) < 4.78 is 73.2. The highest BCUT2D eigenvalue weighted by molar-refractivity contribution is 7.88. The number of nitriles is 1. The quantitative estimate of drug-likeness (QED) is 0.226. The van der Waals surface area contributed by atoms with Crippen LogP contribution in [0, 0.1) is 23.7 Å². The minimum absolute atomic E-state index is 0.0393. The number of rotatable bonds is 10. The molecule has 7 rings (SSSR count). The number of alkyl halides is 3. The summed E-state index contributed by atoms with van der Waals surface area (Å²) in [5.74, 6) is 0.642. The minimum Gasteiger partial charge on any atom is -0.467 e. The number of benzene rings is 1. The third kappa shape index (κ3) is 7.75. The first-order chi connectivity index (χ1) is 24.6. The predicted octanol–water partition coefficient (Wildman–Crippen LogP) is 5.44. The van der Waals surface area contributed by atoms with E-state index in [0.29, 0.717) is 28.3 Å². The number of aryl methyl sites for hydroxylation is 1. The highest BCUT2D eigenvalue weighted by Crippen LogP contribution is 2.44. The highest BCUT2D eigenvalue weighted by atomic mass is 32.2. The topological polar surface area (TPSA) is 120 Å². The van der Waals surface area contributed by atoms with Crippen LogP contribution < -0.4 is 14.4 Å². The Morgan fingerprint density at radius 3 is 2.56 bits per heavy atom. The first kappa shape index (κ1) is 36.9. The second kappa shape index (κ2) is 14.1. The summed E-state index contributed by atoms with van der Waals surface area (Å²) in [6, 6.07) is 10.6. The summed E-state index contributed by atoms with van der Waals surface area (Å²) in [5.41, 5.74) is 4.13. The van der Waals surface area contributed by atoms with Crippen LogP contribution in [0.1, 0.15) is 54.3 Å². The van der Waals surface area contributed by atoms with Crippen LogP contribution in [0.2, 0.25) is 0 Å². The van der Waals surface area contributed by atoms with Gasteiger partial charge in [-0.1, -0.05) is 6.07 Å². The molecule has 0 amide bonds. The van der Waals surface area contributed by atoms with E-state index in [1.807, 2.05) is 6.07 Å². The SMILES string of the molecule is COc1nc(N2CCC3(CCN(Cc4ccc5c(cc(C#N)n5C[C@H](C)N5CCC(NS(C)(=O)=O)CC5)c4C)C3)C2)c2cc(CC(F)(F)F)sc2n1. The van der Waals surface area contributed by atoms with Gasteiger partial charge in [-0.2, -0.15) is 28.4 Å². The molecule has 3 aliphatic heterocycles. The highest BCUT2D eigenvalue weighted by Gasteiger charge is 2.44. The number of halogens is 3. The average molecular weight is 759 g/mol. The van der Waals surface area contributed by atoms with Crippen molar-refractivity contribution < 1.29 is 26.3 Å². The number of thiophene rings is 1. The molecule has 4 aromatic rings. The fourth-order valence-corrected chi connectivity index (χ4v) is 10.4. The summed E-state index contributed by atoms with van der Waals surface area (Å²) in [4.78, 5) is 16.8. The van der Waals surface area contributed by atoms with Crippen LogP contribution in [-0.2, 0) is 29.5 Å². The Bertz CT molecular complexity index is 2120. The zero-order chi connectivity index (χ0) is 37.0. The molecule has 0 radical (unpaired) electrons. The number of nitrogens with one attached hydrogen (secondary N) is 1. The summed E-state index contributed by atoms with van der Waals surface area (Å²) in [6.45, 7) is 10.7. The standard InChI is InChI=1S/C36H45F3N8O3S2/c1-23(45-11-7-26(8-12-45)43-52(4,48)49)19-47-27(18-40)15-29-24(2)25(5-6-31(29)47)20-44-13-9-35(21-44)10-14-46(22-35)32-30-16-28(17-36(37,38)39)51-33(30)42-34(41-32)50-3/h5-6,15-16,23,26,43H,7-14,17,19-22H2,1-4H3/t23-,35?/m0/s1. The number of likely N-dealkylation sites (tertiary alicyclic amines) is 2. The molecule has 52 heavy (non-hydrogen) atoms. The van der Waals surface area contributed by atoms with Gasteiger partial charge in [0, 0.05) is 79.1 Å². The van der Waals surface area contributed by atoms with E-state index in [-0.39, 0.29) is 28.4 Å². The van der Waals surface area contributed by atoms with E-state index < -0.39 is 22.6 Å². The molecule has 6 heterocycles. The van der Waals surface area contributed by atoms with E-state index in [2.05, 4.69) is 66.0 Å². The van der Waals surface area contributed by atoms with Crippen LogP contribution in [0.15, 0.2) is 24.3 Å². The van der Waals surface area contributed by atoms with Crippen molar-refractivity contribution in [2.45, 2.75) is 77.3 Å². The molecule has 3 aliphatic rings. The fraction of sp³-hybridized carbons (Fsp3) is 0.583. The maximum Gasteiger partial charge on any atom is 0.393 e. The van der Waals surface area contributed by atoms with Crippen LogP contribution in [0.5, 0.6) is 6.01 Å². The second-order valence-electron chi connectivity index (χ2n) is 15.0. The van der Waals surface area contributed by atoms with Crippen molar-refractivity contribution in [3.05, 3.63) is 46.0 Å². The zero-order valence-corrected chi connectivity index (χ0v) is 31.6. The number of sulfonamides is 1. The molecule has 3 fully saturated rings. The molecule has 3 saturated heterocycles. The van der Waals surface area contributed by atoms with Gasteiger partial charge in [-0.3, -0.25) is 9.80 Å². The Morgan fingerprint density at radius 2 is 1.87 bits per heavy atom. The van der Waals surface area contributed by atoms with Crippen LogP contribution >= 0.6 is 11.3 Å². The summed E-state index contributed by atoms with van der Waals surface area (Å²) in [7, 11) is -1.76. The fourth-order valence-electron chi connectivity index (χ4n) is 8.53. The lowest BCUT2D eigenvalue weighted by Crippen LogP contribution is -2.48. The molecule has 280 valence electrons. The van der Waals surface area contributed by atoms with Crippen molar-refractivity contribution in [1.82, 2.24) is 29.1 Å². The lowest BCUT2D eigenvalue weighted by Gasteiger charge is -2.36. The van der Waals surface area contributed by atoms with E-state index in [4.69, 9.17) is 4.74 Å². The Hall–Kier alpha value is -3.49. The van der Waals surface area contributed by atoms with Gasteiger partial charge in [0.1, 0.15) is 22.4 Å². The van der Waals surface area contributed by atoms with Gasteiger partial charge >= 0.3 is 12.2 Å². The Kier molecular flexibility index (Phi) is 9.96. The number of hydrogen-bond acceptors (Lipinski definition) is 10. The second-order valence-corrected chi connectivity index (χ2v) is 17.9. The largest absolute Gasteiger partial charge is 0.467 e. The minimum atomic E-state index is -4.30. The van der Waals surface area contributed by atoms with Gasteiger partial charge in [-0.25, -0.2) is 13.1 Å². The van der Waals surface area contributed by atoms with E-state index in [1.165, 1.54) is 24.5 Å². The number of nitrogens with zero attached hydrogens (tertiary/aromatic N) is 7. The summed E-state index contributed by atoms with van der Waals surface area (Å²) in [5, 5.41) is 11.8. The van der Waals surface area contributed by atoms with E-state index in [9.17, 15) is 26.9 Å². The molecule has 16 heteroatoms. The molecule has 2 atom stereocenters. The van der Waals surface area contributed by atoms with Crippen molar-refractivity contribution in [3.8, 4) is 12.1 Å². The lowest BCUT2D eigenvalue weighted by atomic mass is 9.86. The molecule has 3 aromatic heterocycles. The van der Waals surface area contributed by atoms with E-state index >= 15 is 0 Å². The van der Waals surface area contributed by atoms with Gasteiger partial charge in [0.15, 0.2) is 0 Å². The number of piperidine rings is 1. The zero-order valence-electron chi connectivity index (χ0n) is 30.0. The van der Waals surface area contributed by atoms with Gasteiger partial charge in [0.25, 0.3) is 0 Å². The molecule has 1 unspecified atom stereocenters. The number of aromatic nitrogens is 3. The molecule has 1 aromatic carbocycles. The lowest BCUT2D eigenvalue weighted by molar-refractivity contribution is -0.126. The number of fused-ring (bicyclic) bond motifs is 2. The number of hydrogen-bond donors (Lipinski definition) is 1. The third-order valence-corrected chi connectivity index (χ3v) is 13.0. The first-order valence-corrected chi connectivity index (χ1v) is 20.4. The first-order valence-electron chi connectivity index (χ1n) is 17.7. The van der Waals surface area contributed by atoms with Crippen molar-refractivity contribution >= 4 is 48.3 Å². The van der Waals surface area contributed by atoms with Gasteiger partial charge in [0.2, 0.25) is 10.0 Å². The normalized spacial score (nSPS) is 21.5. The van der Waals surface area contributed by atoms with E-state index in [1.54, 1.807) is 6.07 Å². The van der Waals surface area contributed by atoms with Crippen molar-refractivity contribution in [2.75, 3.05) is 57.5 Å². The van der Waals surface area contributed by atoms with Crippen molar-refractivity contribution in [3.63, 3.8) is 0 Å². The van der Waals surface area contributed by atoms with Gasteiger partial charge in [0.05, 0.1) is 25.2 Å². The summed E-state index contributed by atoms with van der Waals surface area (Å²) >= 11 is 1.04. The molecule has 0 saturated carbocycles. The smallest absolute Gasteiger partial charge is 0.393 e. The Balaban J connectivity index is 1.03. The number of anilines is 1. The van der Waals surface area contributed by atoms with Gasteiger partial charge < -0.3 is 14.2 Å². The van der Waals surface area contributed by atoms with Crippen molar-refractivity contribution in [1.29, 1.82) is 5.26 Å². The molecule has 0 bridgehead atoms. The molecule has 1 N–H and O–H groups in total. The van der Waals surface area contributed by atoms with Crippen LogP contribution in [0.25, 0.3) is 21.1 Å². The van der Waals surface area contributed by atoms with Gasteiger partial charge in [-0.05, 0) is 75.4 Å². The molecule has 0 aliphatic carbocycles. The Morgan fingerprint density at radius 1 is 1.12 bits per heavy atom. The maximum atomic E-state index is 13.2. The molecule has 11 nitrogen and oxygen atoms in total. The van der Waals surface area contributed by atoms with Crippen LogP contribution in [0.4, 0.5) is 19.0 Å². The predicted molar refractivity (Wildman–Crippen MR) is 196 cm³/mol. The Labute approximate surface area is 306 Å². The number of ether oxygens (including phenoxy) is 1. The van der Waals surface area contributed by atoms with Crippen LogP contribution in [-0.4, -0.2) is 104 Å². The average Bonchev–Trinajstić information content (AvgIpc) is 3.86. The third-order valence-electron chi connectivity index (χ3n) is 11.2. The van der Waals surface area contributed by atoms with E-state index in [0.717, 1.165) is 93.7 Å². The number of methoxy groups -OCH3 is 1. The molecular formula is C36H45F3N8O3S2. The summed E-state index contributed by atoms with van der Waals surface area (Å²) in [6.07, 6.45) is -0.584. The van der Waals surface area contributed by atoms with Crippen LogP contribution in [0.3, 0.4) is 0 Å². The maximum absolute atomic E-state index is 13.2. The van der Waals surface area contributed by atoms with Gasteiger partial charge in [-0.15, -0.1) is 11.3 Å².